The molecule has 22 heavy (non-hydrogen) atoms. The summed E-state index contributed by atoms with van der Waals surface area (Å²) in [6.07, 6.45) is 9.64. The van der Waals surface area contributed by atoms with Gasteiger partial charge in [0, 0.05) is 18.8 Å². The largest absolute Gasteiger partial charge is 0.481 e. The molecule has 1 aliphatic carbocycles. The molecule has 1 amide bonds. The zero-order valence-electron chi connectivity index (χ0n) is 13.1. The van der Waals surface area contributed by atoms with Gasteiger partial charge in [-0.25, -0.2) is 0 Å². The van der Waals surface area contributed by atoms with Crippen LogP contribution in [0.25, 0.3) is 0 Å². The van der Waals surface area contributed by atoms with E-state index in [1.165, 1.54) is 0 Å². The third-order valence-corrected chi connectivity index (χ3v) is 4.25. The van der Waals surface area contributed by atoms with Crippen molar-refractivity contribution >= 4 is 11.9 Å². The molecular weight excluding hydrogens is 282 g/mol. The Labute approximate surface area is 130 Å². The zero-order valence-corrected chi connectivity index (χ0v) is 13.1. The van der Waals surface area contributed by atoms with Gasteiger partial charge in [0.15, 0.2) is 0 Å². The maximum Gasteiger partial charge on any atom is 0.308 e. The summed E-state index contributed by atoms with van der Waals surface area (Å²) in [6.45, 7) is 2.82. The lowest BCUT2D eigenvalue weighted by molar-refractivity contribution is -0.143. The number of carbonyl (C=O) groups excluding carboxylic acids is 1. The molecular formula is C16H25N3O3. The Kier molecular flexibility index (Phi) is 5.98. The summed E-state index contributed by atoms with van der Waals surface area (Å²) < 4.78 is 1.74. The number of carbonyl (C=O) groups is 2. The minimum absolute atomic E-state index is 0.223. The second kappa shape index (κ2) is 7.96. The fourth-order valence-electron chi connectivity index (χ4n) is 3.04. The fourth-order valence-corrected chi connectivity index (χ4v) is 3.04. The first-order valence-corrected chi connectivity index (χ1v) is 8.18. The average molecular weight is 307 g/mol. The minimum atomic E-state index is -0.811. The maximum atomic E-state index is 12.3. The van der Waals surface area contributed by atoms with Crippen LogP contribution in [0.2, 0.25) is 0 Å². The first kappa shape index (κ1) is 16.5. The van der Waals surface area contributed by atoms with Crippen molar-refractivity contribution in [3.63, 3.8) is 0 Å². The predicted molar refractivity (Wildman–Crippen MR) is 82.6 cm³/mol. The second-order valence-electron chi connectivity index (χ2n) is 6.01. The Morgan fingerprint density at radius 1 is 1.32 bits per heavy atom. The van der Waals surface area contributed by atoms with Crippen molar-refractivity contribution in [2.45, 2.75) is 64.5 Å². The van der Waals surface area contributed by atoms with Crippen LogP contribution in [0.15, 0.2) is 12.4 Å². The molecule has 6 nitrogen and oxygen atoms in total. The molecule has 2 atom stereocenters. The highest BCUT2D eigenvalue weighted by Crippen LogP contribution is 2.23. The van der Waals surface area contributed by atoms with Crippen molar-refractivity contribution in [3.8, 4) is 0 Å². The number of carboxylic acids is 1. The fraction of sp³-hybridized carbons (Fsp3) is 0.688. The molecule has 0 saturated heterocycles. The Balaban J connectivity index is 2.03. The third kappa shape index (κ3) is 4.32. The van der Waals surface area contributed by atoms with Gasteiger partial charge in [0.05, 0.1) is 17.7 Å². The van der Waals surface area contributed by atoms with Crippen molar-refractivity contribution < 1.29 is 14.7 Å². The Hall–Kier alpha value is -1.85. The van der Waals surface area contributed by atoms with E-state index in [0.29, 0.717) is 12.0 Å². The van der Waals surface area contributed by atoms with E-state index < -0.39 is 11.9 Å². The molecule has 0 aliphatic heterocycles. The quantitative estimate of drug-likeness (QED) is 0.875. The number of carboxylic acid groups (broad SMARTS) is 1. The van der Waals surface area contributed by atoms with Crippen LogP contribution in [0.1, 0.15) is 62.2 Å². The summed E-state index contributed by atoms with van der Waals surface area (Å²) in [5.41, 5.74) is 0.500. The molecule has 1 fully saturated rings. The number of rotatable bonds is 5. The molecule has 1 heterocycles. The molecule has 1 saturated carbocycles. The van der Waals surface area contributed by atoms with Crippen LogP contribution in [0, 0.1) is 5.92 Å². The number of aryl methyl sites for hydroxylation is 1. The van der Waals surface area contributed by atoms with Crippen molar-refractivity contribution in [3.05, 3.63) is 18.0 Å². The molecule has 2 N–H and O–H groups in total. The Morgan fingerprint density at radius 2 is 2.05 bits per heavy atom. The first-order chi connectivity index (χ1) is 10.6. The number of amides is 1. The summed E-state index contributed by atoms with van der Waals surface area (Å²) in [4.78, 5) is 23.8. The van der Waals surface area contributed by atoms with Gasteiger partial charge in [-0.3, -0.25) is 14.3 Å². The van der Waals surface area contributed by atoms with Crippen molar-refractivity contribution in [1.82, 2.24) is 15.1 Å². The van der Waals surface area contributed by atoms with Gasteiger partial charge in [0.2, 0.25) is 0 Å². The maximum absolute atomic E-state index is 12.3. The van der Waals surface area contributed by atoms with Crippen molar-refractivity contribution in [2.75, 3.05) is 0 Å². The highest BCUT2D eigenvalue weighted by Gasteiger charge is 2.30. The van der Waals surface area contributed by atoms with E-state index in [-0.39, 0.29) is 11.9 Å². The van der Waals surface area contributed by atoms with Gasteiger partial charge < -0.3 is 10.4 Å². The van der Waals surface area contributed by atoms with E-state index in [4.69, 9.17) is 0 Å². The molecule has 0 aromatic carbocycles. The van der Waals surface area contributed by atoms with Gasteiger partial charge in [-0.05, 0) is 19.3 Å². The normalized spacial score (nSPS) is 22.6. The van der Waals surface area contributed by atoms with Crippen LogP contribution >= 0.6 is 0 Å². The summed E-state index contributed by atoms with van der Waals surface area (Å²) in [6, 6.07) is -0.292. The van der Waals surface area contributed by atoms with E-state index in [2.05, 4.69) is 10.4 Å². The first-order valence-electron chi connectivity index (χ1n) is 8.18. The van der Waals surface area contributed by atoms with E-state index in [9.17, 15) is 14.7 Å². The Morgan fingerprint density at radius 3 is 2.73 bits per heavy atom. The highest BCUT2D eigenvalue weighted by molar-refractivity contribution is 5.94. The standard InChI is InChI=1S/C16H25N3O3/c1-2-9-19-11-12(10-17-19)15(20)18-14-8-6-4-3-5-7-13(14)16(21)22/h10-11,13-14H,2-9H2,1H3,(H,18,20)(H,21,22). The van der Waals surface area contributed by atoms with E-state index in [1.807, 2.05) is 6.92 Å². The molecule has 0 bridgehead atoms. The van der Waals surface area contributed by atoms with Gasteiger partial charge in [-0.2, -0.15) is 5.10 Å². The van der Waals surface area contributed by atoms with Gasteiger partial charge in [-0.1, -0.05) is 32.6 Å². The SMILES string of the molecule is CCCn1cc(C(=O)NC2CCCCCCC2C(=O)O)cn1. The van der Waals surface area contributed by atoms with Crippen LogP contribution in [0.5, 0.6) is 0 Å². The lowest BCUT2D eigenvalue weighted by atomic mass is 9.86. The number of nitrogens with one attached hydrogen (secondary N) is 1. The van der Waals surface area contributed by atoms with Crippen LogP contribution in [-0.2, 0) is 11.3 Å². The number of aliphatic carboxylic acids is 1. The molecule has 2 unspecified atom stereocenters. The highest BCUT2D eigenvalue weighted by atomic mass is 16.4. The van der Waals surface area contributed by atoms with Gasteiger partial charge in [0.25, 0.3) is 5.91 Å². The molecule has 1 aromatic rings. The second-order valence-corrected chi connectivity index (χ2v) is 6.01. The monoisotopic (exact) mass is 307 g/mol. The van der Waals surface area contributed by atoms with Crippen LogP contribution in [0.4, 0.5) is 0 Å². The smallest absolute Gasteiger partial charge is 0.308 e. The van der Waals surface area contributed by atoms with Crippen molar-refractivity contribution in [2.24, 2.45) is 5.92 Å². The summed E-state index contributed by atoms with van der Waals surface area (Å²) in [5.74, 6) is -1.53. The average Bonchev–Trinajstić information content (AvgIpc) is 2.90. The van der Waals surface area contributed by atoms with E-state index in [0.717, 1.165) is 45.1 Å². The molecule has 0 radical (unpaired) electrons. The minimum Gasteiger partial charge on any atom is -0.481 e. The molecule has 6 heteroatoms. The van der Waals surface area contributed by atoms with Crippen LogP contribution < -0.4 is 5.32 Å². The lowest BCUT2D eigenvalue weighted by Crippen LogP contribution is -2.43. The topological polar surface area (TPSA) is 84.2 Å². The van der Waals surface area contributed by atoms with Crippen molar-refractivity contribution in [1.29, 1.82) is 0 Å². The summed E-state index contributed by atoms with van der Waals surface area (Å²) in [7, 11) is 0. The van der Waals surface area contributed by atoms with Crippen LogP contribution in [0.3, 0.4) is 0 Å². The molecule has 0 spiro atoms. The predicted octanol–water partition coefficient (Wildman–Crippen LogP) is 2.45. The molecule has 1 aromatic heterocycles. The molecule has 2 rings (SSSR count). The number of aromatic nitrogens is 2. The summed E-state index contributed by atoms with van der Waals surface area (Å²) in [5, 5.41) is 16.5. The molecule has 1 aliphatic rings. The van der Waals surface area contributed by atoms with E-state index >= 15 is 0 Å². The van der Waals surface area contributed by atoms with Crippen LogP contribution in [-0.4, -0.2) is 32.8 Å². The zero-order chi connectivity index (χ0) is 15.9. The summed E-state index contributed by atoms with van der Waals surface area (Å²) >= 11 is 0. The molecule has 122 valence electrons. The van der Waals surface area contributed by atoms with Gasteiger partial charge in [-0.15, -0.1) is 0 Å². The van der Waals surface area contributed by atoms with Gasteiger partial charge >= 0.3 is 5.97 Å². The third-order valence-electron chi connectivity index (χ3n) is 4.25. The van der Waals surface area contributed by atoms with E-state index in [1.54, 1.807) is 17.1 Å². The number of nitrogens with zero attached hydrogens (tertiary/aromatic N) is 2. The lowest BCUT2D eigenvalue weighted by Gasteiger charge is -2.27. The number of hydrogen-bond acceptors (Lipinski definition) is 3. The van der Waals surface area contributed by atoms with Gasteiger partial charge in [0.1, 0.15) is 0 Å². The Bertz CT molecular complexity index is 512. The number of hydrogen-bond donors (Lipinski definition) is 2.